The first kappa shape index (κ1) is 22.7. The van der Waals surface area contributed by atoms with E-state index in [2.05, 4.69) is 120 Å². The third-order valence-corrected chi connectivity index (χ3v) is 14.9. The van der Waals surface area contributed by atoms with E-state index >= 15 is 0 Å². The molecule has 1 aliphatic rings. The lowest BCUT2D eigenvalue weighted by molar-refractivity contribution is 1.38. The highest BCUT2D eigenvalue weighted by molar-refractivity contribution is 7.77. The van der Waals surface area contributed by atoms with E-state index in [0.29, 0.717) is 0 Å². The van der Waals surface area contributed by atoms with Crippen molar-refractivity contribution in [2.75, 3.05) is 0 Å². The van der Waals surface area contributed by atoms with Crippen molar-refractivity contribution in [1.82, 2.24) is 0 Å². The quantitative estimate of drug-likeness (QED) is 0.318. The molecule has 0 N–H and O–H groups in total. The molecule has 0 aromatic heterocycles. The largest absolute Gasteiger partial charge is 0.0783 e. The van der Waals surface area contributed by atoms with Gasteiger partial charge in [-0.1, -0.05) is 135 Å². The molecule has 2 aromatic rings. The molecule has 154 valence electrons. The molecule has 0 nitrogen and oxygen atoms in total. The number of hydrogen-bond donors (Lipinski definition) is 0. The molecule has 0 radical (unpaired) electrons. The number of benzene rings is 2. The van der Waals surface area contributed by atoms with E-state index in [4.69, 9.17) is 0 Å². The van der Waals surface area contributed by atoms with Gasteiger partial charge >= 0.3 is 0 Å². The van der Waals surface area contributed by atoms with Crippen molar-refractivity contribution in [2.24, 2.45) is 0 Å². The standard InChI is InChI=1S/C25H37PSi3/c1-27(2,3)23-22(24(28(4,5)6)25(23)29(7,8)9)26(20-16-12-10-13-17-20)21-18-14-11-15-19-21/h10-19H,1-9H3. The maximum Gasteiger partial charge on any atom is 0.0783 e. The van der Waals surface area contributed by atoms with Crippen LogP contribution in [0.4, 0.5) is 0 Å². The van der Waals surface area contributed by atoms with Gasteiger partial charge in [0.05, 0.1) is 24.2 Å². The Morgan fingerprint density at radius 3 is 1.10 bits per heavy atom. The van der Waals surface area contributed by atoms with Crippen molar-refractivity contribution < 1.29 is 0 Å². The van der Waals surface area contributed by atoms with E-state index in [1.54, 1.807) is 5.31 Å². The fourth-order valence-corrected chi connectivity index (χ4v) is 19.7. The van der Waals surface area contributed by atoms with Crippen LogP contribution in [-0.4, -0.2) is 24.2 Å². The average molecular weight is 453 g/mol. The molecule has 0 saturated heterocycles. The lowest BCUT2D eigenvalue weighted by Crippen LogP contribution is -2.47. The van der Waals surface area contributed by atoms with E-state index in [1.807, 2.05) is 15.6 Å². The van der Waals surface area contributed by atoms with Crippen molar-refractivity contribution in [3.05, 3.63) is 81.6 Å². The maximum atomic E-state index is 2.56. The monoisotopic (exact) mass is 452 g/mol. The maximum absolute atomic E-state index is 2.56. The third kappa shape index (κ3) is 4.54. The molecule has 0 spiro atoms. The van der Waals surface area contributed by atoms with Gasteiger partial charge in [0, 0.05) is 0 Å². The van der Waals surface area contributed by atoms with Gasteiger partial charge in [-0.15, -0.1) is 0 Å². The Labute approximate surface area is 182 Å². The normalized spacial score (nSPS) is 15.8. The molecule has 0 atom stereocenters. The van der Waals surface area contributed by atoms with Crippen LogP contribution in [-0.2, 0) is 0 Å². The van der Waals surface area contributed by atoms with Crippen LogP contribution in [0.5, 0.6) is 0 Å². The molecule has 1 aliphatic carbocycles. The number of allylic oxidation sites excluding steroid dienone is 4. The van der Waals surface area contributed by atoms with Crippen LogP contribution in [0.15, 0.2) is 81.6 Å². The van der Waals surface area contributed by atoms with Gasteiger partial charge in [0.2, 0.25) is 0 Å². The van der Waals surface area contributed by atoms with E-state index in [-0.39, 0.29) is 0 Å². The Kier molecular flexibility index (Phi) is 6.20. The van der Waals surface area contributed by atoms with Gasteiger partial charge in [-0.05, 0) is 23.8 Å². The van der Waals surface area contributed by atoms with Crippen LogP contribution in [0, 0.1) is 0 Å². The summed E-state index contributed by atoms with van der Waals surface area (Å²) in [6.45, 7) is 23.1. The Balaban J connectivity index is 2.35. The third-order valence-electron chi connectivity index (χ3n) is 5.48. The topological polar surface area (TPSA) is 0 Å². The smallest absolute Gasteiger partial charge is 0.0656 e. The molecular formula is C25H37PSi3. The second kappa shape index (κ2) is 7.92. The Morgan fingerprint density at radius 2 is 0.793 bits per heavy atom. The SMILES string of the molecule is C[Si](C)(C)C1=C(P(c2ccccc2)c2ccccc2)C([Si](C)(C)C)=C1[Si](C)(C)C. The van der Waals surface area contributed by atoms with Gasteiger partial charge in [-0.2, -0.15) is 0 Å². The molecular weight excluding hydrogens is 416 g/mol. The van der Waals surface area contributed by atoms with Crippen LogP contribution in [0.25, 0.3) is 0 Å². The molecule has 3 rings (SSSR count). The second-order valence-corrected chi connectivity index (χ2v) is 28.4. The summed E-state index contributed by atoms with van der Waals surface area (Å²) in [6.07, 6.45) is 0. The van der Waals surface area contributed by atoms with Gasteiger partial charge in [0.1, 0.15) is 0 Å². The Bertz CT molecular complexity index is 898. The predicted molar refractivity (Wildman–Crippen MR) is 143 cm³/mol. The zero-order chi connectivity index (χ0) is 21.6. The molecule has 0 aliphatic heterocycles. The van der Waals surface area contributed by atoms with Crippen LogP contribution in [0.2, 0.25) is 58.9 Å². The molecule has 2 aromatic carbocycles. The van der Waals surface area contributed by atoms with Gasteiger partial charge in [0.25, 0.3) is 0 Å². The molecule has 0 fully saturated rings. The molecule has 0 bridgehead atoms. The van der Waals surface area contributed by atoms with Crippen LogP contribution in [0.1, 0.15) is 0 Å². The molecule has 0 saturated carbocycles. The summed E-state index contributed by atoms with van der Waals surface area (Å²) in [5.74, 6) is 0. The first-order valence-corrected chi connectivity index (χ1v) is 22.6. The van der Waals surface area contributed by atoms with E-state index < -0.39 is 32.1 Å². The van der Waals surface area contributed by atoms with Gasteiger partial charge in [0.15, 0.2) is 0 Å². The number of hydrogen-bond acceptors (Lipinski definition) is 0. The highest BCUT2D eigenvalue weighted by atomic mass is 31.1. The summed E-state index contributed by atoms with van der Waals surface area (Å²) in [6, 6.07) is 22.6. The van der Waals surface area contributed by atoms with Crippen molar-refractivity contribution in [2.45, 2.75) is 58.9 Å². The summed E-state index contributed by atoms with van der Waals surface area (Å²) < 4.78 is 0. The highest BCUT2D eigenvalue weighted by Gasteiger charge is 2.48. The summed E-state index contributed by atoms with van der Waals surface area (Å²) in [5.41, 5.74) is 0. The van der Waals surface area contributed by atoms with Crippen molar-refractivity contribution in [3.8, 4) is 0 Å². The van der Waals surface area contributed by atoms with E-state index in [9.17, 15) is 0 Å². The molecule has 29 heavy (non-hydrogen) atoms. The van der Waals surface area contributed by atoms with Crippen molar-refractivity contribution in [3.63, 3.8) is 0 Å². The summed E-state index contributed by atoms with van der Waals surface area (Å²) in [7, 11) is -4.83. The minimum Gasteiger partial charge on any atom is -0.0656 e. The lowest BCUT2D eigenvalue weighted by atomic mass is 10.2. The summed E-state index contributed by atoms with van der Waals surface area (Å²) in [5, 5.41) is 10.3. The first-order valence-electron chi connectivity index (χ1n) is 10.7. The minimum absolute atomic E-state index is 0.493. The Morgan fingerprint density at radius 1 is 0.448 bits per heavy atom. The average Bonchev–Trinajstić information content (AvgIpc) is 2.56. The first-order chi connectivity index (χ1) is 13.3. The molecule has 0 amide bonds. The Hall–Kier alpha value is -0.999. The van der Waals surface area contributed by atoms with Crippen molar-refractivity contribution >= 4 is 42.8 Å². The molecule has 4 heteroatoms. The van der Waals surface area contributed by atoms with Gasteiger partial charge in [-0.3, -0.25) is 0 Å². The van der Waals surface area contributed by atoms with Crippen molar-refractivity contribution in [1.29, 1.82) is 0 Å². The van der Waals surface area contributed by atoms with Crippen LogP contribution in [0.3, 0.4) is 0 Å². The minimum atomic E-state index is -1.46. The molecule has 0 heterocycles. The van der Waals surface area contributed by atoms with E-state index in [1.165, 1.54) is 10.6 Å². The fourth-order valence-electron chi connectivity index (χ4n) is 4.42. The zero-order valence-electron chi connectivity index (χ0n) is 19.7. The lowest BCUT2D eigenvalue weighted by Gasteiger charge is -2.49. The highest BCUT2D eigenvalue weighted by Crippen LogP contribution is 2.61. The summed E-state index contributed by atoms with van der Waals surface area (Å²) in [4.78, 5) is 0. The fraction of sp³-hybridized carbons (Fsp3) is 0.360. The predicted octanol–water partition coefficient (Wildman–Crippen LogP) is 7.32. The van der Waals surface area contributed by atoms with Gasteiger partial charge < -0.3 is 0 Å². The second-order valence-electron chi connectivity index (χ2n) is 11.2. The molecule has 0 unspecified atom stereocenters. The van der Waals surface area contributed by atoms with Gasteiger partial charge in [-0.25, -0.2) is 0 Å². The van der Waals surface area contributed by atoms with Crippen LogP contribution >= 0.6 is 7.92 Å². The van der Waals surface area contributed by atoms with E-state index in [0.717, 1.165) is 0 Å². The number of rotatable bonds is 6. The summed E-state index contributed by atoms with van der Waals surface area (Å²) >= 11 is 0. The van der Waals surface area contributed by atoms with Crippen LogP contribution < -0.4 is 10.6 Å². The zero-order valence-corrected chi connectivity index (χ0v) is 23.6.